The second kappa shape index (κ2) is 7.46. The minimum Gasteiger partial charge on any atom is -0.355 e. The Hall–Kier alpha value is -1.86. The van der Waals surface area contributed by atoms with Gasteiger partial charge in [-0.15, -0.1) is 0 Å². The molecule has 1 rings (SSSR count). The lowest BCUT2D eigenvalue weighted by Gasteiger charge is -2.20. The van der Waals surface area contributed by atoms with Gasteiger partial charge in [-0.1, -0.05) is 25.1 Å². The van der Waals surface area contributed by atoms with Crippen molar-refractivity contribution >= 4 is 5.91 Å². The van der Waals surface area contributed by atoms with Crippen LogP contribution in [0, 0.1) is 11.3 Å². The molecule has 4 nitrogen and oxygen atoms in total. The molecule has 1 aromatic carbocycles. The number of rotatable bonds is 6. The van der Waals surface area contributed by atoms with E-state index in [9.17, 15) is 4.79 Å². The molecular weight excluding hydrogens is 226 g/mol. The predicted molar refractivity (Wildman–Crippen MR) is 70.8 cm³/mol. The van der Waals surface area contributed by atoms with E-state index >= 15 is 0 Å². The van der Waals surface area contributed by atoms with Crippen molar-refractivity contribution in [1.82, 2.24) is 10.2 Å². The lowest BCUT2D eigenvalue weighted by atomic mass is 10.1. The summed E-state index contributed by atoms with van der Waals surface area (Å²) in [5, 5.41) is 11.8. The van der Waals surface area contributed by atoms with Gasteiger partial charge in [0.25, 0.3) is 0 Å². The molecular formula is C14H19N3O. The van der Waals surface area contributed by atoms with E-state index in [1.807, 2.05) is 36.9 Å². The lowest BCUT2D eigenvalue weighted by molar-refractivity contribution is -0.122. The number of benzene rings is 1. The van der Waals surface area contributed by atoms with E-state index in [1.54, 1.807) is 6.07 Å². The Morgan fingerprint density at radius 3 is 2.72 bits per heavy atom. The van der Waals surface area contributed by atoms with Gasteiger partial charge in [-0.3, -0.25) is 9.69 Å². The van der Waals surface area contributed by atoms with Crippen molar-refractivity contribution in [2.75, 3.05) is 19.6 Å². The maximum atomic E-state index is 11.5. The summed E-state index contributed by atoms with van der Waals surface area (Å²) in [6.07, 6.45) is 0. The smallest absolute Gasteiger partial charge is 0.234 e. The maximum Gasteiger partial charge on any atom is 0.234 e. The highest BCUT2D eigenvalue weighted by atomic mass is 16.2. The second-order valence-electron chi connectivity index (χ2n) is 4.03. The van der Waals surface area contributed by atoms with Gasteiger partial charge < -0.3 is 5.32 Å². The molecule has 0 aliphatic heterocycles. The molecule has 0 bridgehead atoms. The molecule has 0 heterocycles. The van der Waals surface area contributed by atoms with E-state index in [2.05, 4.69) is 11.4 Å². The van der Waals surface area contributed by atoms with Crippen LogP contribution >= 0.6 is 0 Å². The van der Waals surface area contributed by atoms with Gasteiger partial charge in [-0.2, -0.15) is 5.26 Å². The van der Waals surface area contributed by atoms with Gasteiger partial charge in [0.1, 0.15) is 0 Å². The normalized spacial score (nSPS) is 10.1. The first-order valence-electron chi connectivity index (χ1n) is 6.18. The van der Waals surface area contributed by atoms with Crippen LogP contribution < -0.4 is 5.32 Å². The van der Waals surface area contributed by atoms with Gasteiger partial charge in [0.15, 0.2) is 0 Å². The molecule has 0 aliphatic rings. The Balaban J connectivity index is 2.68. The van der Waals surface area contributed by atoms with Crippen molar-refractivity contribution in [3.8, 4) is 6.07 Å². The summed E-state index contributed by atoms with van der Waals surface area (Å²) in [4.78, 5) is 13.6. The van der Waals surface area contributed by atoms with E-state index < -0.39 is 0 Å². The minimum atomic E-state index is 0.0220. The average molecular weight is 245 g/mol. The summed E-state index contributed by atoms with van der Waals surface area (Å²) in [6.45, 7) is 6.32. The van der Waals surface area contributed by atoms with Gasteiger partial charge in [0.2, 0.25) is 5.91 Å². The zero-order valence-corrected chi connectivity index (χ0v) is 10.9. The van der Waals surface area contributed by atoms with Gasteiger partial charge in [-0.05, 0) is 25.1 Å². The van der Waals surface area contributed by atoms with Crippen LogP contribution in [0.15, 0.2) is 24.3 Å². The van der Waals surface area contributed by atoms with Crippen molar-refractivity contribution in [2.24, 2.45) is 0 Å². The zero-order chi connectivity index (χ0) is 13.4. The van der Waals surface area contributed by atoms with Crippen molar-refractivity contribution in [3.05, 3.63) is 35.4 Å². The lowest BCUT2D eigenvalue weighted by Crippen LogP contribution is -2.36. The molecule has 0 saturated heterocycles. The summed E-state index contributed by atoms with van der Waals surface area (Å²) in [5.74, 6) is 0.0220. The molecule has 0 aliphatic carbocycles. The number of hydrogen-bond donors (Lipinski definition) is 1. The predicted octanol–water partition coefficient (Wildman–Crippen LogP) is 1.52. The van der Waals surface area contributed by atoms with Crippen LogP contribution in [0.5, 0.6) is 0 Å². The average Bonchev–Trinajstić information content (AvgIpc) is 2.38. The van der Waals surface area contributed by atoms with E-state index in [0.717, 1.165) is 12.1 Å². The van der Waals surface area contributed by atoms with Crippen LogP contribution in [-0.4, -0.2) is 30.4 Å². The Morgan fingerprint density at radius 2 is 2.11 bits per heavy atom. The fraction of sp³-hybridized carbons (Fsp3) is 0.429. The highest BCUT2D eigenvalue weighted by Gasteiger charge is 2.10. The number of nitriles is 1. The van der Waals surface area contributed by atoms with E-state index in [1.165, 1.54) is 0 Å². The third-order valence-electron chi connectivity index (χ3n) is 2.72. The molecule has 0 saturated carbocycles. The van der Waals surface area contributed by atoms with Gasteiger partial charge >= 0.3 is 0 Å². The zero-order valence-electron chi connectivity index (χ0n) is 10.9. The van der Waals surface area contributed by atoms with Gasteiger partial charge in [-0.25, -0.2) is 0 Å². The number of amides is 1. The quantitative estimate of drug-likeness (QED) is 0.826. The van der Waals surface area contributed by atoms with E-state index in [0.29, 0.717) is 25.2 Å². The molecule has 0 radical (unpaired) electrons. The first-order chi connectivity index (χ1) is 8.71. The summed E-state index contributed by atoms with van der Waals surface area (Å²) in [7, 11) is 0. The van der Waals surface area contributed by atoms with Crippen LogP contribution in [0.2, 0.25) is 0 Å². The summed E-state index contributed by atoms with van der Waals surface area (Å²) < 4.78 is 0. The molecule has 96 valence electrons. The Labute approximate surface area is 108 Å². The first-order valence-corrected chi connectivity index (χ1v) is 6.18. The minimum absolute atomic E-state index is 0.0220. The van der Waals surface area contributed by atoms with Crippen LogP contribution in [0.3, 0.4) is 0 Å². The first kappa shape index (κ1) is 14.2. The van der Waals surface area contributed by atoms with Crippen molar-refractivity contribution in [3.63, 3.8) is 0 Å². The van der Waals surface area contributed by atoms with Gasteiger partial charge in [0, 0.05) is 13.1 Å². The molecule has 0 atom stereocenters. The fourth-order valence-corrected chi connectivity index (χ4v) is 1.74. The molecule has 4 heteroatoms. The standard InChI is InChI=1S/C14H19N3O/c1-3-16-14(18)11-17(4-2)10-13-8-6-5-7-12(13)9-15/h5-8H,3-4,10-11H2,1-2H3,(H,16,18). The largest absolute Gasteiger partial charge is 0.355 e. The molecule has 0 spiro atoms. The monoisotopic (exact) mass is 245 g/mol. The SMILES string of the molecule is CCNC(=O)CN(CC)Cc1ccccc1C#N. The molecule has 1 N–H and O–H groups in total. The second-order valence-corrected chi connectivity index (χ2v) is 4.03. The third kappa shape index (κ3) is 4.19. The number of likely N-dealkylation sites (N-methyl/N-ethyl adjacent to an activating group) is 2. The molecule has 0 fully saturated rings. The van der Waals surface area contributed by atoms with Crippen LogP contribution in [0.1, 0.15) is 25.0 Å². The summed E-state index contributed by atoms with van der Waals surface area (Å²) in [6, 6.07) is 9.67. The number of carbonyl (C=O) groups excluding carboxylic acids is 1. The fourth-order valence-electron chi connectivity index (χ4n) is 1.74. The molecule has 0 unspecified atom stereocenters. The Bertz CT molecular complexity index is 437. The van der Waals surface area contributed by atoms with E-state index in [4.69, 9.17) is 5.26 Å². The maximum absolute atomic E-state index is 11.5. The van der Waals surface area contributed by atoms with E-state index in [-0.39, 0.29) is 5.91 Å². The Morgan fingerprint density at radius 1 is 1.39 bits per heavy atom. The molecule has 0 aromatic heterocycles. The summed E-state index contributed by atoms with van der Waals surface area (Å²) in [5.41, 5.74) is 1.64. The highest BCUT2D eigenvalue weighted by molar-refractivity contribution is 5.77. The third-order valence-corrected chi connectivity index (χ3v) is 2.72. The van der Waals surface area contributed by atoms with Crippen molar-refractivity contribution < 1.29 is 4.79 Å². The Kier molecular flexibility index (Phi) is 5.89. The van der Waals surface area contributed by atoms with Crippen LogP contribution in [0.4, 0.5) is 0 Å². The van der Waals surface area contributed by atoms with Crippen molar-refractivity contribution in [1.29, 1.82) is 5.26 Å². The van der Waals surface area contributed by atoms with Crippen LogP contribution in [-0.2, 0) is 11.3 Å². The van der Waals surface area contributed by atoms with Gasteiger partial charge in [0.05, 0.1) is 18.2 Å². The van der Waals surface area contributed by atoms with Crippen molar-refractivity contribution in [2.45, 2.75) is 20.4 Å². The molecule has 1 amide bonds. The number of carbonyl (C=O) groups is 1. The summed E-state index contributed by atoms with van der Waals surface area (Å²) >= 11 is 0. The molecule has 1 aromatic rings. The van der Waals surface area contributed by atoms with Crippen LogP contribution in [0.25, 0.3) is 0 Å². The highest BCUT2D eigenvalue weighted by Crippen LogP contribution is 2.10. The molecule has 18 heavy (non-hydrogen) atoms. The topological polar surface area (TPSA) is 56.1 Å². The number of nitrogens with zero attached hydrogens (tertiary/aromatic N) is 2. The number of hydrogen-bond acceptors (Lipinski definition) is 3. The number of nitrogens with one attached hydrogen (secondary N) is 1.